The van der Waals surface area contributed by atoms with Gasteiger partial charge in [0.05, 0.1) is 0 Å². The van der Waals surface area contributed by atoms with Crippen molar-refractivity contribution in [3.8, 4) is 5.75 Å². The highest BCUT2D eigenvalue weighted by Gasteiger charge is 2.06. The number of fused-ring (bicyclic) bond motifs is 1. The van der Waals surface area contributed by atoms with Crippen molar-refractivity contribution in [2.24, 2.45) is 10.2 Å². The predicted octanol–water partition coefficient (Wildman–Crippen LogP) is 3.99. The number of nitrogens with zero attached hydrogens (tertiary/aromatic N) is 3. The molecule has 0 fully saturated rings. The second-order valence-electron chi connectivity index (χ2n) is 4.26. The summed E-state index contributed by atoms with van der Waals surface area (Å²) in [6, 6.07) is 13.0. The van der Waals surface area contributed by atoms with Gasteiger partial charge < -0.3 is 5.11 Å². The first-order valence-corrected chi connectivity index (χ1v) is 5.88. The van der Waals surface area contributed by atoms with E-state index < -0.39 is 0 Å². The first-order chi connectivity index (χ1) is 9.24. The van der Waals surface area contributed by atoms with Crippen LogP contribution in [0.5, 0.6) is 5.75 Å². The molecule has 0 bridgehead atoms. The van der Waals surface area contributed by atoms with Crippen LogP contribution >= 0.6 is 0 Å². The Bertz CT molecular complexity index is 761. The van der Waals surface area contributed by atoms with Gasteiger partial charge in [0.15, 0.2) is 5.82 Å². The van der Waals surface area contributed by atoms with Gasteiger partial charge in [0.25, 0.3) is 0 Å². The lowest BCUT2D eigenvalue weighted by Crippen LogP contribution is -1.74. The largest absolute Gasteiger partial charge is 0.506 e. The molecule has 3 aromatic rings. The van der Waals surface area contributed by atoms with Gasteiger partial charge in [0, 0.05) is 17.1 Å². The monoisotopic (exact) mass is 252 g/mol. The molecule has 0 atom stereocenters. The number of phenolic OH excluding ortho intramolecular Hbond substituents is 1. The number of aryl methyl sites for hydroxylation is 1. The zero-order chi connectivity index (χ0) is 13.2. The number of aromatic hydroxyl groups is 1. The number of aromatic amines is 1. The number of hydrogen-bond acceptors (Lipinski definition) is 4. The van der Waals surface area contributed by atoms with Gasteiger partial charge in [0.2, 0.25) is 0 Å². The van der Waals surface area contributed by atoms with E-state index in [1.165, 1.54) is 0 Å². The van der Waals surface area contributed by atoms with Crippen LogP contribution in [-0.4, -0.2) is 15.3 Å². The molecule has 0 saturated heterocycles. The van der Waals surface area contributed by atoms with Crippen LogP contribution in [0.2, 0.25) is 0 Å². The number of hydrogen-bond donors (Lipinski definition) is 2. The molecule has 3 rings (SSSR count). The van der Waals surface area contributed by atoms with Crippen molar-refractivity contribution in [2.45, 2.75) is 6.92 Å². The van der Waals surface area contributed by atoms with Crippen molar-refractivity contribution in [2.75, 3.05) is 0 Å². The van der Waals surface area contributed by atoms with E-state index in [9.17, 15) is 5.11 Å². The maximum Gasteiger partial charge on any atom is 0.195 e. The van der Waals surface area contributed by atoms with E-state index in [4.69, 9.17) is 0 Å². The van der Waals surface area contributed by atoms with E-state index >= 15 is 0 Å². The number of nitrogens with one attached hydrogen (secondary N) is 1. The smallest absolute Gasteiger partial charge is 0.195 e. The molecule has 5 nitrogen and oxygen atoms in total. The first kappa shape index (κ1) is 11.4. The maximum absolute atomic E-state index is 9.91. The Kier molecular flexibility index (Phi) is 2.72. The van der Waals surface area contributed by atoms with E-state index in [2.05, 4.69) is 20.4 Å². The Morgan fingerprint density at radius 1 is 1.11 bits per heavy atom. The van der Waals surface area contributed by atoms with Crippen molar-refractivity contribution >= 4 is 22.3 Å². The van der Waals surface area contributed by atoms with Crippen molar-refractivity contribution in [3.63, 3.8) is 0 Å². The van der Waals surface area contributed by atoms with Crippen LogP contribution in [0, 0.1) is 6.92 Å². The zero-order valence-electron chi connectivity index (χ0n) is 10.3. The van der Waals surface area contributed by atoms with Gasteiger partial charge in [-0.05, 0) is 18.4 Å². The number of phenols is 1. The molecule has 2 N–H and O–H groups in total. The molecule has 0 aliphatic heterocycles. The Labute approximate surface area is 109 Å². The van der Waals surface area contributed by atoms with Crippen LogP contribution in [0.3, 0.4) is 0 Å². The molecule has 0 saturated carbocycles. The Balaban J connectivity index is 2.09. The molecule has 5 heteroatoms. The van der Waals surface area contributed by atoms with Gasteiger partial charge in [-0.25, -0.2) is 0 Å². The molecule has 2 aromatic carbocycles. The average Bonchev–Trinajstić information content (AvgIpc) is 2.83. The highest BCUT2D eigenvalue weighted by atomic mass is 16.3. The molecule has 0 aliphatic rings. The minimum atomic E-state index is 0.106. The van der Waals surface area contributed by atoms with Crippen LogP contribution in [0.1, 0.15) is 5.69 Å². The van der Waals surface area contributed by atoms with Crippen molar-refractivity contribution in [1.82, 2.24) is 10.2 Å². The molecule has 94 valence electrons. The van der Waals surface area contributed by atoms with Gasteiger partial charge in [0.1, 0.15) is 11.4 Å². The summed E-state index contributed by atoms with van der Waals surface area (Å²) in [5.41, 5.74) is 1.37. The maximum atomic E-state index is 9.91. The third-order valence-electron chi connectivity index (χ3n) is 2.82. The molecule has 1 heterocycles. The topological polar surface area (TPSA) is 73.6 Å². The van der Waals surface area contributed by atoms with E-state index in [1.54, 1.807) is 12.1 Å². The van der Waals surface area contributed by atoms with E-state index in [1.807, 2.05) is 37.3 Å². The van der Waals surface area contributed by atoms with Crippen LogP contribution in [0.4, 0.5) is 11.5 Å². The van der Waals surface area contributed by atoms with Crippen LogP contribution in [0.25, 0.3) is 10.8 Å². The number of benzene rings is 2. The van der Waals surface area contributed by atoms with E-state index in [0.717, 1.165) is 16.5 Å². The molecule has 0 spiro atoms. The fraction of sp³-hybridized carbons (Fsp3) is 0.0714. The summed E-state index contributed by atoms with van der Waals surface area (Å²) in [5.74, 6) is 0.597. The average molecular weight is 252 g/mol. The van der Waals surface area contributed by atoms with Gasteiger partial charge >= 0.3 is 0 Å². The highest BCUT2D eigenvalue weighted by Crippen LogP contribution is 2.35. The lowest BCUT2D eigenvalue weighted by atomic mass is 10.1. The molecule has 0 unspecified atom stereocenters. The summed E-state index contributed by atoms with van der Waals surface area (Å²) in [5, 5.41) is 26.7. The molecule has 0 amide bonds. The SMILES string of the molecule is Cc1cc(N=Nc2c(O)ccc3ccccc23)n[nH]1. The lowest BCUT2D eigenvalue weighted by molar-refractivity contribution is 0.477. The van der Waals surface area contributed by atoms with Crippen LogP contribution < -0.4 is 0 Å². The number of aromatic nitrogens is 2. The van der Waals surface area contributed by atoms with E-state index in [-0.39, 0.29) is 5.75 Å². The number of rotatable bonds is 2. The Hall–Kier alpha value is -2.69. The first-order valence-electron chi connectivity index (χ1n) is 5.88. The minimum Gasteiger partial charge on any atom is -0.506 e. The van der Waals surface area contributed by atoms with E-state index in [0.29, 0.717) is 11.5 Å². The standard InChI is InChI=1S/C14H12N4O/c1-9-8-13(16-15-9)17-18-14-11-5-3-2-4-10(11)6-7-12(14)19/h2-8,19H,1H3,(H,15,16). The molecule has 0 aliphatic carbocycles. The summed E-state index contributed by atoms with van der Waals surface area (Å²) in [6.07, 6.45) is 0. The Morgan fingerprint density at radius 2 is 1.95 bits per heavy atom. The highest BCUT2D eigenvalue weighted by molar-refractivity contribution is 5.95. The second-order valence-corrected chi connectivity index (χ2v) is 4.26. The molecular weight excluding hydrogens is 240 g/mol. The van der Waals surface area contributed by atoms with Crippen molar-refractivity contribution < 1.29 is 5.11 Å². The van der Waals surface area contributed by atoms with Gasteiger partial charge in [-0.15, -0.1) is 10.2 Å². The number of azo groups is 1. The molecule has 19 heavy (non-hydrogen) atoms. The second kappa shape index (κ2) is 4.53. The fourth-order valence-electron chi connectivity index (χ4n) is 1.90. The summed E-state index contributed by atoms with van der Waals surface area (Å²) in [6.45, 7) is 1.89. The summed E-state index contributed by atoms with van der Waals surface area (Å²) in [4.78, 5) is 0. The third-order valence-corrected chi connectivity index (χ3v) is 2.82. The van der Waals surface area contributed by atoms with Gasteiger partial charge in [-0.2, -0.15) is 5.10 Å². The molecule has 0 radical (unpaired) electrons. The minimum absolute atomic E-state index is 0.106. The van der Waals surface area contributed by atoms with Crippen molar-refractivity contribution in [1.29, 1.82) is 0 Å². The predicted molar refractivity (Wildman–Crippen MR) is 73.1 cm³/mol. The lowest BCUT2D eigenvalue weighted by Gasteiger charge is -2.02. The number of H-pyrrole nitrogens is 1. The normalized spacial score (nSPS) is 11.4. The van der Waals surface area contributed by atoms with Crippen LogP contribution in [0.15, 0.2) is 52.7 Å². The van der Waals surface area contributed by atoms with Crippen LogP contribution in [-0.2, 0) is 0 Å². The fourth-order valence-corrected chi connectivity index (χ4v) is 1.90. The summed E-state index contributed by atoms with van der Waals surface area (Å²) in [7, 11) is 0. The molecular formula is C14H12N4O. The Morgan fingerprint density at radius 3 is 2.74 bits per heavy atom. The van der Waals surface area contributed by atoms with Crippen molar-refractivity contribution in [3.05, 3.63) is 48.2 Å². The molecule has 1 aromatic heterocycles. The van der Waals surface area contributed by atoms with Gasteiger partial charge in [-0.1, -0.05) is 30.3 Å². The third kappa shape index (κ3) is 2.18. The summed E-state index contributed by atoms with van der Waals surface area (Å²) >= 11 is 0. The van der Waals surface area contributed by atoms with Gasteiger partial charge in [-0.3, -0.25) is 5.10 Å². The summed E-state index contributed by atoms with van der Waals surface area (Å²) < 4.78 is 0. The quantitative estimate of drug-likeness (QED) is 0.676. The zero-order valence-corrected chi connectivity index (χ0v) is 10.3.